The maximum absolute atomic E-state index is 13.0. The van der Waals surface area contributed by atoms with Gasteiger partial charge < -0.3 is 20.5 Å². The zero-order chi connectivity index (χ0) is 17.3. The van der Waals surface area contributed by atoms with E-state index >= 15 is 0 Å². The van der Waals surface area contributed by atoms with Crippen LogP contribution in [0.4, 0.5) is 5.69 Å². The molecule has 1 aromatic carbocycles. The van der Waals surface area contributed by atoms with Gasteiger partial charge in [0, 0.05) is 38.1 Å². The molecule has 1 unspecified atom stereocenters. The third-order valence-corrected chi connectivity index (χ3v) is 4.60. The van der Waals surface area contributed by atoms with Crippen molar-refractivity contribution < 1.29 is 9.59 Å². The second kappa shape index (κ2) is 6.39. The Kier molecular flexibility index (Phi) is 4.29. The number of carbonyl (C=O) groups excluding carboxylic acids is 2. The Morgan fingerprint density at radius 1 is 1.33 bits per heavy atom. The molecule has 126 valence electrons. The molecule has 0 aliphatic carbocycles. The first-order valence-electron chi connectivity index (χ1n) is 8.09. The summed E-state index contributed by atoms with van der Waals surface area (Å²) in [5, 5.41) is 0. The highest BCUT2D eigenvalue weighted by atomic mass is 16.2. The first-order chi connectivity index (χ1) is 11.5. The average molecular weight is 326 g/mol. The van der Waals surface area contributed by atoms with Gasteiger partial charge in [-0.25, -0.2) is 0 Å². The van der Waals surface area contributed by atoms with Gasteiger partial charge in [-0.05, 0) is 24.1 Å². The van der Waals surface area contributed by atoms with Crippen LogP contribution in [0.5, 0.6) is 0 Å². The van der Waals surface area contributed by atoms with Gasteiger partial charge in [0.2, 0.25) is 5.91 Å². The van der Waals surface area contributed by atoms with E-state index in [9.17, 15) is 9.59 Å². The van der Waals surface area contributed by atoms with E-state index in [4.69, 9.17) is 5.73 Å². The van der Waals surface area contributed by atoms with Gasteiger partial charge in [-0.3, -0.25) is 9.59 Å². The second-order valence-electron chi connectivity index (χ2n) is 6.17. The summed E-state index contributed by atoms with van der Waals surface area (Å²) in [5.74, 6) is -0.655. The minimum Gasteiger partial charge on any atom is -0.372 e. The van der Waals surface area contributed by atoms with E-state index in [-0.39, 0.29) is 11.9 Å². The summed E-state index contributed by atoms with van der Waals surface area (Å²) in [6.45, 7) is 3.39. The van der Waals surface area contributed by atoms with Crippen LogP contribution in [0.2, 0.25) is 0 Å². The monoisotopic (exact) mass is 326 g/mol. The number of hydrogen-bond donors (Lipinski definition) is 2. The number of anilines is 1. The van der Waals surface area contributed by atoms with Gasteiger partial charge in [0.15, 0.2) is 0 Å². The number of likely N-dealkylation sites (N-methyl/N-ethyl adjacent to an activating group) is 1. The minimum atomic E-state index is -0.543. The quantitative estimate of drug-likeness (QED) is 0.905. The maximum atomic E-state index is 13.0. The van der Waals surface area contributed by atoms with Gasteiger partial charge in [0.25, 0.3) is 5.91 Å². The Bertz CT molecular complexity index is 768. The molecule has 0 saturated heterocycles. The number of carbonyl (C=O) groups is 2. The Labute approximate surface area is 141 Å². The number of fused-ring (bicyclic) bond motifs is 1. The number of nitrogens with two attached hydrogens (primary N) is 1. The van der Waals surface area contributed by atoms with Crippen LogP contribution in [0.15, 0.2) is 36.5 Å². The summed E-state index contributed by atoms with van der Waals surface area (Å²) < 4.78 is 0. The normalized spacial score (nSPS) is 17.3. The van der Waals surface area contributed by atoms with Crippen molar-refractivity contribution in [3.8, 4) is 0 Å². The number of para-hydroxylation sites is 1. The van der Waals surface area contributed by atoms with Crippen molar-refractivity contribution in [2.75, 3.05) is 18.5 Å². The highest BCUT2D eigenvalue weighted by Crippen LogP contribution is 2.28. The topological polar surface area (TPSA) is 82.4 Å². The molecule has 1 atom stereocenters. The number of benzene rings is 1. The highest BCUT2D eigenvalue weighted by Gasteiger charge is 2.30. The Morgan fingerprint density at radius 2 is 2.08 bits per heavy atom. The van der Waals surface area contributed by atoms with E-state index in [1.54, 1.807) is 0 Å². The SMILES string of the molecule is CCC1CN(C)c2ccccc2CN1C(=O)c1cc(C(N)=O)c[nH]1. The highest BCUT2D eigenvalue weighted by molar-refractivity contribution is 5.98. The number of rotatable bonds is 3. The molecule has 6 nitrogen and oxygen atoms in total. The number of aromatic nitrogens is 1. The van der Waals surface area contributed by atoms with Crippen molar-refractivity contribution in [2.24, 2.45) is 5.73 Å². The van der Waals surface area contributed by atoms with Crippen molar-refractivity contribution in [1.82, 2.24) is 9.88 Å². The van der Waals surface area contributed by atoms with Gasteiger partial charge in [-0.1, -0.05) is 25.1 Å². The van der Waals surface area contributed by atoms with Gasteiger partial charge in [-0.15, -0.1) is 0 Å². The average Bonchev–Trinajstić information content (AvgIpc) is 3.02. The first-order valence-corrected chi connectivity index (χ1v) is 8.09. The molecule has 0 saturated carbocycles. The largest absolute Gasteiger partial charge is 0.372 e. The lowest BCUT2D eigenvalue weighted by Gasteiger charge is -2.30. The van der Waals surface area contributed by atoms with Crippen LogP contribution in [-0.2, 0) is 6.54 Å². The van der Waals surface area contributed by atoms with Gasteiger partial charge in [-0.2, -0.15) is 0 Å². The molecular formula is C18H22N4O2. The molecule has 2 aromatic rings. The van der Waals surface area contributed by atoms with E-state index in [2.05, 4.69) is 29.9 Å². The van der Waals surface area contributed by atoms with E-state index in [1.165, 1.54) is 12.3 Å². The Morgan fingerprint density at radius 3 is 2.75 bits per heavy atom. The van der Waals surface area contributed by atoms with Crippen molar-refractivity contribution in [3.05, 3.63) is 53.3 Å². The molecule has 6 heteroatoms. The molecule has 0 bridgehead atoms. The lowest BCUT2D eigenvalue weighted by molar-refractivity contribution is 0.0662. The van der Waals surface area contributed by atoms with E-state index in [0.29, 0.717) is 17.8 Å². The molecule has 3 rings (SSSR count). The fourth-order valence-electron chi connectivity index (χ4n) is 3.24. The number of primary amides is 1. The summed E-state index contributed by atoms with van der Waals surface area (Å²) in [5.41, 5.74) is 8.25. The van der Waals surface area contributed by atoms with Gasteiger partial charge in [0.1, 0.15) is 5.69 Å². The van der Waals surface area contributed by atoms with Crippen molar-refractivity contribution >= 4 is 17.5 Å². The summed E-state index contributed by atoms with van der Waals surface area (Å²) in [4.78, 5) is 31.2. The second-order valence-corrected chi connectivity index (χ2v) is 6.17. The molecular weight excluding hydrogens is 304 g/mol. The summed E-state index contributed by atoms with van der Waals surface area (Å²) in [6, 6.07) is 9.75. The third kappa shape index (κ3) is 2.87. The number of aromatic amines is 1. The molecule has 2 heterocycles. The van der Waals surface area contributed by atoms with E-state index in [0.717, 1.165) is 24.2 Å². The Hall–Kier alpha value is -2.76. The lowest BCUT2D eigenvalue weighted by Crippen LogP contribution is -2.43. The Balaban J connectivity index is 1.94. The number of H-pyrrole nitrogens is 1. The van der Waals surface area contributed by atoms with E-state index < -0.39 is 5.91 Å². The van der Waals surface area contributed by atoms with Crippen LogP contribution < -0.4 is 10.6 Å². The molecule has 0 radical (unpaired) electrons. The van der Waals surface area contributed by atoms with Crippen LogP contribution >= 0.6 is 0 Å². The molecule has 2 amide bonds. The fraction of sp³-hybridized carbons (Fsp3) is 0.333. The van der Waals surface area contributed by atoms with Crippen LogP contribution in [0.1, 0.15) is 39.8 Å². The predicted octanol–water partition coefficient (Wildman–Crippen LogP) is 1.98. The summed E-state index contributed by atoms with van der Waals surface area (Å²) in [7, 11) is 2.05. The zero-order valence-corrected chi connectivity index (χ0v) is 14.0. The molecule has 3 N–H and O–H groups in total. The maximum Gasteiger partial charge on any atom is 0.270 e. The summed E-state index contributed by atoms with van der Waals surface area (Å²) in [6.07, 6.45) is 2.34. The number of amides is 2. The molecule has 1 aliphatic heterocycles. The molecule has 24 heavy (non-hydrogen) atoms. The lowest BCUT2D eigenvalue weighted by atomic mass is 10.1. The molecule has 1 aromatic heterocycles. The third-order valence-electron chi connectivity index (χ3n) is 4.60. The minimum absolute atomic E-state index is 0.0928. The predicted molar refractivity (Wildman–Crippen MR) is 93.0 cm³/mol. The van der Waals surface area contributed by atoms with Crippen molar-refractivity contribution in [2.45, 2.75) is 25.9 Å². The van der Waals surface area contributed by atoms with E-state index in [1.807, 2.05) is 23.1 Å². The van der Waals surface area contributed by atoms with Crippen molar-refractivity contribution in [3.63, 3.8) is 0 Å². The molecule has 1 aliphatic rings. The van der Waals surface area contributed by atoms with Crippen LogP contribution in [0.25, 0.3) is 0 Å². The summed E-state index contributed by atoms with van der Waals surface area (Å²) >= 11 is 0. The zero-order valence-electron chi connectivity index (χ0n) is 14.0. The standard InChI is InChI=1S/C18H22N4O2/c1-3-14-11-21(2)16-7-5-4-6-12(16)10-22(14)18(24)15-8-13(9-20-15)17(19)23/h4-9,14,20H,3,10-11H2,1-2H3,(H2,19,23). The number of nitrogens with zero attached hydrogens (tertiary/aromatic N) is 2. The van der Waals surface area contributed by atoms with Crippen LogP contribution in [0.3, 0.4) is 0 Å². The number of hydrogen-bond acceptors (Lipinski definition) is 3. The van der Waals surface area contributed by atoms with Crippen molar-refractivity contribution in [1.29, 1.82) is 0 Å². The van der Waals surface area contributed by atoms with Gasteiger partial charge in [0.05, 0.1) is 5.56 Å². The fourth-order valence-corrected chi connectivity index (χ4v) is 3.24. The first kappa shape index (κ1) is 16.1. The van der Waals surface area contributed by atoms with Crippen LogP contribution in [-0.4, -0.2) is 41.3 Å². The molecule has 0 spiro atoms. The molecule has 0 fully saturated rings. The van der Waals surface area contributed by atoms with Crippen LogP contribution in [0, 0.1) is 0 Å². The smallest absolute Gasteiger partial charge is 0.270 e. The number of nitrogens with one attached hydrogen (secondary N) is 1. The van der Waals surface area contributed by atoms with Gasteiger partial charge >= 0.3 is 0 Å².